The minimum atomic E-state index is -2.93. The second-order valence-corrected chi connectivity index (χ2v) is 6.86. The molecule has 5 nitrogen and oxygen atoms in total. The van der Waals surface area contributed by atoms with E-state index in [-0.39, 0.29) is 11.3 Å². The molecular weight excluding hydrogens is 238 g/mol. The van der Waals surface area contributed by atoms with Gasteiger partial charge in [-0.15, -0.1) is 0 Å². The highest BCUT2D eigenvalue weighted by molar-refractivity contribution is 7.91. The van der Waals surface area contributed by atoms with Crippen molar-refractivity contribution < 1.29 is 8.42 Å². The Hall–Kier alpha value is -1.17. The fourth-order valence-electron chi connectivity index (χ4n) is 2.22. The third-order valence-corrected chi connectivity index (χ3v) is 4.77. The van der Waals surface area contributed by atoms with Crippen LogP contribution in [0.25, 0.3) is 0 Å². The van der Waals surface area contributed by atoms with Gasteiger partial charge < -0.3 is 5.32 Å². The summed E-state index contributed by atoms with van der Waals surface area (Å²) in [5.41, 5.74) is 0. The van der Waals surface area contributed by atoms with Gasteiger partial charge in [-0.3, -0.25) is 0 Å². The SMILES string of the molecule is CS(=O)(=O)C1CCCC(Nc2ncccn2)C1. The first-order valence-electron chi connectivity index (χ1n) is 5.78. The van der Waals surface area contributed by atoms with E-state index in [9.17, 15) is 8.42 Å². The van der Waals surface area contributed by atoms with Crippen molar-refractivity contribution in [1.82, 2.24) is 9.97 Å². The molecule has 17 heavy (non-hydrogen) atoms. The van der Waals surface area contributed by atoms with Crippen LogP contribution in [0.5, 0.6) is 0 Å². The molecular formula is C11H17N3O2S. The molecule has 0 aliphatic heterocycles. The number of rotatable bonds is 3. The molecule has 1 aromatic rings. The lowest BCUT2D eigenvalue weighted by molar-refractivity contribution is 0.451. The van der Waals surface area contributed by atoms with Crippen LogP contribution in [-0.4, -0.2) is 35.9 Å². The third-order valence-electron chi connectivity index (χ3n) is 3.13. The van der Waals surface area contributed by atoms with Crippen molar-refractivity contribution in [3.63, 3.8) is 0 Å². The van der Waals surface area contributed by atoms with E-state index >= 15 is 0 Å². The van der Waals surface area contributed by atoms with E-state index in [4.69, 9.17) is 0 Å². The topological polar surface area (TPSA) is 72.0 Å². The largest absolute Gasteiger partial charge is 0.351 e. The summed E-state index contributed by atoms with van der Waals surface area (Å²) in [6, 6.07) is 1.91. The Balaban J connectivity index is 1.99. The van der Waals surface area contributed by atoms with E-state index in [0.29, 0.717) is 12.4 Å². The normalized spacial score (nSPS) is 25.5. The van der Waals surface area contributed by atoms with E-state index in [2.05, 4.69) is 15.3 Å². The van der Waals surface area contributed by atoms with Gasteiger partial charge in [-0.1, -0.05) is 6.42 Å². The van der Waals surface area contributed by atoms with E-state index in [1.165, 1.54) is 6.26 Å². The van der Waals surface area contributed by atoms with E-state index in [1.807, 2.05) is 0 Å². The van der Waals surface area contributed by atoms with Crippen LogP contribution in [0.3, 0.4) is 0 Å². The molecule has 0 saturated heterocycles. The van der Waals surface area contributed by atoms with Crippen LogP contribution < -0.4 is 5.32 Å². The fraction of sp³-hybridized carbons (Fsp3) is 0.636. The zero-order chi connectivity index (χ0) is 12.3. The van der Waals surface area contributed by atoms with Crippen molar-refractivity contribution in [3.05, 3.63) is 18.5 Å². The predicted octanol–water partition coefficient (Wildman–Crippen LogP) is 1.24. The summed E-state index contributed by atoms with van der Waals surface area (Å²) in [5, 5.41) is 2.97. The highest BCUT2D eigenvalue weighted by Crippen LogP contribution is 2.25. The summed E-state index contributed by atoms with van der Waals surface area (Å²) in [6.45, 7) is 0. The Bertz CT molecular complexity index is 461. The minimum Gasteiger partial charge on any atom is -0.351 e. The molecule has 2 unspecified atom stereocenters. The lowest BCUT2D eigenvalue weighted by Crippen LogP contribution is -2.34. The van der Waals surface area contributed by atoms with Crippen LogP contribution in [0.4, 0.5) is 5.95 Å². The predicted molar refractivity (Wildman–Crippen MR) is 66.5 cm³/mol. The van der Waals surface area contributed by atoms with Gasteiger partial charge in [0, 0.05) is 24.7 Å². The van der Waals surface area contributed by atoms with Gasteiger partial charge in [0.05, 0.1) is 5.25 Å². The summed E-state index contributed by atoms with van der Waals surface area (Å²) in [4.78, 5) is 8.18. The molecule has 2 atom stereocenters. The number of nitrogens with zero attached hydrogens (tertiary/aromatic N) is 2. The lowest BCUT2D eigenvalue weighted by Gasteiger charge is -2.28. The van der Waals surface area contributed by atoms with E-state index in [1.54, 1.807) is 18.5 Å². The highest BCUT2D eigenvalue weighted by atomic mass is 32.2. The molecule has 6 heteroatoms. The van der Waals surface area contributed by atoms with E-state index < -0.39 is 9.84 Å². The van der Waals surface area contributed by atoms with Crippen LogP contribution in [0.15, 0.2) is 18.5 Å². The Morgan fingerprint density at radius 3 is 2.65 bits per heavy atom. The smallest absolute Gasteiger partial charge is 0.222 e. The maximum atomic E-state index is 11.5. The highest BCUT2D eigenvalue weighted by Gasteiger charge is 2.28. The van der Waals surface area contributed by atoms with Gasteiger partial charge in [-0.2, -0.15) is 0 Å². The molecule has 1 aromatic heterocycles. The number of sulfone groups is 1. The summed E-state index contributed by atoms with van der Waals surface area (Å²) in [6.07, 6.45) is 7.99. The second-order valence-electron chi connectivity index (χ2n) is 4.53. The molecule has 1 aliphatic rings. The van der Waals surface area contributed by atoms with Crippen molar-refractivity contribution in [2.75, 3.05) is 11.6 Å². The molecule has 2 rings (SSSR count). The van der Waals surface area contributed by atoms with Crippen LogP contribution in [0, 0.1) is 0 Å². The van der Waals surface area contributed by atoms with Crippen molar-refractivity contribution in [1.29, 1.82) is 0 Å². The zero-order valence-corrected chi connectivity index (χ0v) is 10.7. The van der Waals surface area contributed by atoms with Crippen molar-refractivity contribution in [3.8, 4) is 0 Å². The van der Waals surface area contributed by atoms with Crippen LogP contribution in [0.1, 0.15) is 25.7 Å². The van der Waals surface area contributed by atoms with Gasteiger partial charge in [0.2, 0.25) is 5.95 Å². The molecule has 94 valence electrons. The Morgan fingerprint density at radius 2 is 2.00 bits per heavy atom. The summed E-state index contributed by atoms with van der Waals surface area (Å²) in [7, 11) is -2.93. The average molecular weight is 255 g/mol. The van der Waals surface area contributed by atoms with Gasteiger partial charge in [0.25, 0.3) is 0 Å². The molecule has 0 aromatic carbocycles. The number of nitrogens with one attached hydrogen (secondary N) is 1. The first kappa shape index (κ1) is 12.3. The molecule has 0 bridgehead atoms. The van der Waals surface area contributed by atoms with Gasteiger partial charge in [0.15, 0.2) is 0 Å². The fourth-order valence-corrected chi connectivity index (χ4v) is 3.40. The standard InChI is InChI=1S/C11H17N3O2S/c1-17(15,16)10-5-2-4-9(8-10)14-11-12-6-3-7-13-11/h3,6-7,9-10H,2,4-5,8H2,1H3,(H,12,13,14). The second kappa shape index (κ2) is 5.00. The van der Waals surface area contributed by atoms with Crippen LogP contribution in [-0.2, 0) is 9.84 Å². The van der Waals surface area contributed by atoms with Crippen LogP contribution >= 0.6 is 0 Å². The molecule has 0 radical (unpaired) electrons. The van der Waals surface area contributed by atoms with Crippen molar-refractivity contribution in [2.24, 2.45) is 0 Å². The summed E-state index contributed by atoms with van der Waals surface area (Å²) < 4.78 is 23.1. The lowest BCUT2D eigenvalue weighted by atomic mass is 9.95. The number of anilines is 1. The minimum absolute atomic E-state index is 0.158. The Morgan fingerprint density at radius 1 is 1.29 bits per heavy atom. The number of aromatic nitrogens is 2. The quantitative estimate of drug-likeness (QED) is 0.880. The van der Waals surface area contributed by atoms with Gasteiger partial charge >= 0.3 is 0 Å². The number of hydrogen-bond donors (Lipinski definition) is 1. The maximum Gasteiger partial charge on any atom is 0.222 e. The van der Waals surface area contributed by atoms with Crippen molar-refractivity contribution >= 4 is 15.8 Å². The van der Waals surface area contributed by atoms with Gasteiger partial charge in [-0.05, 0) is 25.3 Å². The average Bonchev–Trinajstić information content (AvgIpc) is 2.29. The summed E-state index contributed by atoms with van der Waals surface area (Å²) >= 11 is 0. The molecule has 1 aliphatic carbocycles. The Labute approximate surface area is 102 Å². The molecule has 1 fully saturated rings. The molecule has 0 amide bonds. The maximum absolute atomic E-state index is 11.5. The molecule has 1 saturated carbocycles. The first-order valence-corrected chi connectivity index (χ1v) is 7.73. The third kappa shape index (κ3) is 3.39. The van der Waals surface area contributed by atoms with Crippen LogP contribution in [0.2, 0.25) is 0 Å². The van der Waals surface area contributed by atoms with Gasteiger partial charge in [-0.25, -0.2) is 18.4 Å². The van der Waals surface area contributed by atoms with E-state index in [0.717, 1.165) is 19.3 Å². The Kier molecular flexibility index (Phi) is 3.61. The monoisotopic (exact) mass is 255 g/mol. The summed E-state index contributed by atoms with van der Waals surface area (Å²) in [5.74, 6) is 0.576. The van der Waals surface area contributed by atoms with Crippen molar-refractivity contribution in [2.45, 2.75) is 37.0 Å². The first-order chi connectivity index (χ1) is 8.05. The number of hydrogen-bond acceptors (Lipinski definition) is 5. The zero-order valence-electron chi connectivity index (χ0n) is 9.83. The molecule has 1 heterocycles. The molecule has 1 N–H and O–H groups in total. The molecule has 0 spiro atoms. The van der Waals surface area contributed by atoms with Gasteiger partial charge in [0.1, 0.15) is 9.84 Å².